The molecule has 1 amide bonds. The number of carbonyl (C=O) groups excluding carboxylic acids is 2. The number of benzene rings is 2. The zero-order valence-electron chi connectivity index (χ0n) is 20.8. The number of amidine groups is 1. The number of hydrogen-bond acceptors (Lipinski definition) is 4. The Hall–Kier alpha value is -2.67. The van der Waals surface area contributed by atoms with Crippen LogP contribution in [0.3, 0.4) is 0 Å². The maximum Gasteiger partial charge on any atom is 0.223 e. The molecular weight excluding hydrogens is 494 g/mol. The summed E-state index contributed by atoms with van der Waals surface area (Å²) < 4.78 is 0. The molecule has 1 fully saturated rings. The minimum absolute atomic E-state index is 0. The Kier molecular flexibility index (Phi) is 8.03. The summed E-state index contributed by atoms with van der Waals surface area (Å²) >= 11 is 0. The molecule has 0 spiro atoms. The molecule has 7 heteroatoms. The first-order valence-corrected chi connectivity index (χ1v) is 11.3. The molecule has 0 saturated carbocycles. The Balaban J connectivity index is 0.00000408. The standard InChI is InChI=1S/C27H35N3O3.BrH/c1-26(2,3)19-12-17(13-20(23(19)32)27(4,5)6)21(31)15-30-14-18(25(29)33)22(24(30)28)16-10-8-7-9-11-16;/h7-13,18,22,28,32H,14-15H2,1-6H3,(H2,29,33);1H. The number of carbonyl (C=O) groups is 2. The van der Waals surface area contributed by atoms with E-state index in [9.17, 15) is 14.7 Å². The summed E-state index contributed by atoms with van der Waals surface area (Å²) in [4.78, 5) is 27.2. The fourth-order valence-electron chi connectivity index (χ4n) is 4.49. The lowest BCUT2D eigenvalue weighted by molar-refractivity contribution is -0.121. The zero-order chi connectivity index (χ0) is 24.7. The number of aromatic hydroxyl groups is 1. The van der Waals surface area contributed by atoms with Gasteiger partial charge in [-0.15, -0.1) is 17.0 Å². The predicted octanol–water partition coefficient (Wildman–Crippen LogP) is 4.93. The van der Waals surface area contributed by atoms with Crippen LogP contribution in [-0.2, 0) is 15.6 Å². The van der Waals surface area contributed by atoms with Crippen molar-refractivity contribution in [3.05, 3.63) is 64.7 Å². The van der Waals surface area contributed by atoms with E-state index in [1.54, 1.807) is 17.0 Å². The van der Waals surface area contributed by atoms with Gasteiger partial charge in [-0.1, -0.05) is 71.9 Å². The molecule has 3 rings (SSSR count). The van der Waals surface area contributed by atoms with E-state index in [0.717, 1.165) is 5.56 Å². The van der Waals surface area contributed by atoms with Crippen molar-refractivity contribution >= 4 is 34.5 Å². The summed E-state index contributed by atoms with van der Waals surface area (Å²) in [6.07, 6.45) is 0. The second kappa shape index (κ2) is 9.90. The summed E-state index contributed by atoms with van der Waals surface area (Å²) in [5, 5.41) is 19.7. The van der Waals surface area contributed by atoms with Crippen LogP contribution >= 0.6 is 17.0 Å². The number of nitrogens with two attached hydrogens (primary N) is 1. The molecule has 1 aliphatic heterocycles. The number of hydrogen-bond donors (Lipinski definition) is 3. The van der Waals surface area contributed by atoms with Crippen LogP contribution in [-0.4, -0.2) is 40.6 Å². The van der Waals surface area contributed by atoms with Crippen LogP contribution in [0.5, 0.6) is 5.75 Å². The van der Waals surface area contributed by atoms with Crippen molar-refractivity contribution in [2.75, 3.05) is 13.1 Å². The maximum atomic E-state index is 13.4. The number of phenolic OH excluding ortho intramolecular Hbond substituents is 1. The van der Waals surface area contributed by atoms with E-state index in [4.69, 9.17) is 11.1 Å². The third-order valence-corrected chi connectivity index (χ3v) is 6.36. The first-order chi connectivity index (χ1) is 15.2. The molecule has 184 valence electrons. The normalized spacial score (nSPS) is 18.5. The molecule has 1 saturated heterocycles. The molecule has 0 aliphatic carbocycles. The molecule has 0 bridgehead atoms. The van der Waals surface area contributed by atoms with E-state index in [1.807, 2.05) is 71.9 Å². The number of ketones is 1. The number of Topliss-reactive ketones (excluding diaryl/α,β-unsaturated/α-hetero) is 1. The number of rotatable bonds is 5. The molecule has 2 aromatic carbocycles. The van der Waals surface area contributed by atoms with E-state index in [0.29, 0.717) is 16.7 Å². The molecular formula is C27H36BrN3O3. The Morgan fingerprint density at radius 3 is 1.97 bits per heavy atom. The topological polar surface area (TPSA) is 107 Å². The highest BCUT2D eigenvalue weighted by Gasteiger charge is 2.42. The van der Waals surface area contributed by atoms with Crippen LogP contribution in [0.2, 0.25) is 0 Å². The third-order valence-electron chi connectivity index (χ3n) is 6.36. The monoisotopic (exact) mass is 529 g/mol. The summed E-state index contributed by atoms with van der Waals surface area (Å²) in [5.41, 5.74) is 7.73. The SMILES string of the molecule is Br.CC(C)(C)c1cc(C(=O)CN2CC(C(N)=O)C(c3ccccc3)C2=N)cc(C(C)(C)C)c1O. The predicted molar refractivity (Wildman–Crippen MR) is 141 cm³/mol. The number of phenols is 1. The molecule has 0 radical (unpaired) electrons. The molecule has 34 heavy (non-hydrogen) atoms. The highest BCUT2D eigenvalue weighted by Crippen LogP contribution is 2.40. The molecule has 2 aromatic rings. The number of amides is 1. The van der Waals surface area contributed by atoms with Gasteiger partial charge in [-0.25, -0.2) is 0 Å². The minimum Gasteiger partial charge on any atom is -0.507 e. The minimum atomic E-state index is -0.567. The summed E-state index contributed by atoms with van der Waals surface area (Å²) in [6.45, 7) is 12.2. The van der Waals surface area contributed by atoms with E-state index in [2.05, 4.69) is 0 Å². The van der Waals surface area contributed by atoms with Crippen molar-refractivity contribution in [3.63, 3.8) is 0 Å². The van der Waals surface area contributed by atoms with Gasteiger partial charge in [0.25, 0.3) is 0 Å². The van der Waals surface area contributed by atoms with Crippen LogP contribution in [0, 0.1) is 11.3 Å². The maximum absolute atomic E-state index is 13.4. The molecule has 1 aliphatic rings. The molecule has 1 heterocycles. The summed E-state index contributed by atoms with van der Waals surface area (Å²) in [6, 6.07) is 12.9. The second-order valence-corrected chi connectivity index (χ2v) is 11.0. The van der Waals surface area contributed by atoms with Crippen molar-refractivity contribution in [2.45, 2.75) is 58.3 Å². The first kappa shape index (κ1) is 27.6. The fraction of sp³-hybridized carbons (Fsp3) is 0.444. The van der Waals surface area contributed by atoms with Crippen LogP contribution in [0.25, 0.3) is 0 Å². The van der Waals surface area contributed by atoms with Crippen molar-refractivity contribution in [1.29, 1.82) is 5.41 Å². The summed E-state index contributed by atoms with van der Waals surface area (Å²) in [7, 11) is 0. The lowest BCUT2D eigenvalue weighted by Crippen LogP contribution is -2.33. The molecule has 0 aromatic heterocycles. The van der Waals surface area contributed by atoms with Crippen molar-refractivity contribution in [3.8, 4) is 5.75 Å². The van der Waals surface area contributed by atoms with E-state index in [-0.39, 0.29) is 58.3 Å². The van der Waals surface area contributed by atoms with E-state index in [1.165, 1.54) is 0 Å². The van der Waals surface area contributed by atoms with Crippen molar-refractivity contribution in [1.82, 2.24) is 4.90 Å². The third kappa shape index (κ3) is 5.52. The highest BCUT2D eigenvalue weighted by molar-refractivity contribution is 8.93. The number of nitrogens with zero attached hydrogens (tertiary/aromatic N) is 1. The van der Waals surface area contributed by atoms with Gasteiger partial charge in [-0.3, -0.25) is 15.0 Å². The van der Waals surface area contributed by atoms with Gasteiger partial charge < -0.3 is 15.7 Å². The molecule has 6 nitrogen and oxygen atoms in total. The largest absolute Gasteiger partial charge is 0.507 e. The number of halogens is 1. The van der Waals surface area contributed by atoms with Gasteiger partial charge in [0.1, 0.15) is 11.6 Å². The Morgan fingerprint density at radius 1 is 1.03 bits per heavy atom. The van der Waals surface area contributed by atoms with Gasteiger partial charge in [0, 0.05) is 23.2 Å². The number of primary amides is 1. The van der Waals surface area contributed by atoms with Gasteiger partial charge in [-0.05, 0) is 28.5 Å². The van der Waals surface area contributed by atoms with Gasteiger partial charge in [-0.2, -0.15) is 0 Å². The number of likely N-dealkylation sites (tertiary alicyclic amines) is 1. The van der Waals surface area contributed by atoms with E-state index < -0.39 is 17.7 Å². The Bertz CT molecular complexity index is 1050. The Labute approximate surface area is 212 Å². The average Bonchev–Trinajstić information content (AvgIpc) is 3.03. The van der Waals surface area contributed by atoms with Gasteiger partial charge in [0.2, 0.25) is 5.91 Å². The summed E-state index contributed by atoms with van der Waals surface area (Å²) in [5.74, 6) is -1.22. The molecule has 2 atom stereocenters. The molecule has 4 N–H and O–H groups in total. The molecule has 2 unspecified atom stereocenters. The smallest absolute Gasteiger partial charge is 0.223 e. The van der Waals surface area contributed by atoms with Gasteiger partial charge in [0.15, 0.2) is 5.78 Å². The first-order valence-electron chi connectivity index (χ1n) is 11.3. The van der Waals surface area contributed by atoms with E-state index >= 15 is 0 Å². The van der Waals surface area contributed by atoms with Crippen LogP contribution < -0.4 is 5.73 Å². The lowest BCUT2D eigenvalue weighted by atomic mass is 9.78. The second-order valence-electron chi connectivity index (χ2n) is 11.0. The zero-order valence-corrected chi connectivity index (χ0v) is 22.5. The lowest BCUT2D eigenvalue weighted by Gasteiger charge is -2.28. The highest BCUT2D eigenvalue weighted by atomic mass is 79.9. The quantitative estimate of drug-likeness (QED) is 0.477. The fourth-order valence-corrected chi connectivity index (χ4v) is 4.49. The van der Waals surface area contributed by atoms with Crippen molar-refractivity contribution < 1.29 is 14.7 Å². The van der Waals surface area contributed by atoms with Gasteiger partial charge in [0.05, 0.1) is 18.4 Å². The van der Waals surface area contributed by atoms with Gasteiger partial charge >= 0.3 is 0 Å². The van der Waals surface area contributed by atoms with Crippen LogP contribution in [0.15, 0.2) is 42.5 Å². The number of nitrogens with one attached hydrogen (secondary N) is 1. The van der Waals surface area contributed by atoms with Crippen LogP contribution in [0.1, 0.15) is 74.5 Å². The Morgan fingerprint density at radius 2 is 1.53 bits per heavy atom. The average molecular weight is 531 g/mol. The van der Waals surface area contributed by atoms with Crippen LogP contribution in [0.4, 0.5) is 0 Å². The van der Waals surface area contributed by atoms with Crippen molar-refractivity contribution in [2.24, 2.45) is 11.7 Å².